The van der Waals surface area contributed by atoms with Crippen LogP contribution in [0.5, 0.6) is 11.5 Å². The molecule has 0 aliphatic carbocycles. The number of para-hydroxylation sites is 2. The van der Waals surface area contributed by atoms with E-state index in [1.54, 1.807) is 30.5 Å². The molecule has 0 unspecified atom stereocenters. The highest BCUT2D eigenvalue weighted by atomic mass is 16.6. The molecule has 0 radical (unpaired) electrons. The van der Waals surface area contributed by atoms with E-state index in [1.807, 2.05) is 48.5 Å². The lowest BCUT2D eigenvalue weighted by Gasteiger charge is -2.06. The summed E-state index contributed by atoms with van der Waals surface area (Å²) < 4.78 is 11.4. The number of oxazole rings is 1. The molecule has 0 N–H and O–H groups in total. The van der Waals surface area contributed by atoms with Gasteiger partial charge in [0, 0.05) is 17.8 Å². The van der Waals surface area contributed by atoms with Crippen LogP contribution in [0.4, 0.5) is 17.1 Å². The summed E-state index contributed by atoms with van der Waals surface area (Å²) in [5.74, 6) is 0.750. The van der Waals surface area contributed by atoms with Gasteiger partial charge < -0.3 is 9.15 Å². The molecule has 1 aromatic heterocycles. The first-order valence-corrected chi connectivity index (χ1v) is 10.7. The molecule has 0 saturated carbocycles. The van der Waals surface area contributed by atoms with Crippen molar-refractivity contribution in [1.82, 2.24) is 4.98 Å². The van der Waals surface area contributed by atoms with Crippen LogP contribution in [0.1, 0.15) is 5.56 Å². The number of rotatable bonds is 7. The molecule has 0 aliphatic rings. The molecular formula is C26H16N4O6. The third-order valence-electron chi connectivity index (χ3n) is 5.21. The fourth-order valence-corrected chi connectivity index (χ4v) is 3.46. The summed E-state index contributed by atoms with van der Waals surface area (Å²) in [5, 5.41) is 22.2. The molecule has 0 saturated heterocycles. The van der Waals surface area contributed by atoms with Gasteiger partial charge in [0.2, 0.25) is 11.6 Å². The molecule has 0 bridgehead atoms. The van der Waals surface area contributed by atoms with Crippen molar-refractivity contribution in [3.63, 3.8) is 0 Å². The number of benzene rings is 4. The summed E-state index contributed by atoms with van der Waals surface area (Å²) in [6.45, 7) is 0. The Morgan fingerprint density at radius 2 is 1.67 bits per heavy atom. The monoisotopic (exact) mass is 480 g/mol. The number of hydrogen-bond donors (Lipinski definition) is 0. The molecule has 5 aromatic rings. The smallest absolute Gasteiger partial charge is 0.318 e. The Hall–Kier alpha value is -5.38. The van der Waals surface area contributed by atoms with Crippen LogP contribution in [0, 0.1) is 20.2 Å². The van der Waals surface area contributed by atoms with Crippen molar-refractivity contribution >= 4 is 34.4 Å². The van der Waals surface area contributed by atoms with Gasteiger partial charge in [-0.05, 0) is 66.2 Å². The van der Waals surface area contributed by atoms with E-state index in [-0.39, 0.29) is 11.4 Å². The van der Waals surface area contributed by atoms with E-state index in [2.05, 4.69) is 9.98 Å². The first-order chi connectivity index (χ1) is 17.5. The van der Waals surface area contributed by atoms with E-state index in [0.29, 0.717) is 22.9 Å². The zero-order chi connectivity index (χ0) is 25.1. The first-order valence-electron chi connectivity index (χ1n) is 10.7. The number of aromatic nitrogens is 1. The molecule has 0 spiro atoms. The Balaban J connectivity index is 1.31. The maximum absolute atomic E-state index is 11.3. The summed E-state index contributed by atoms with van der Waals surface area (Å²) >= 11 is 0. The standard InChI is InChI=1S/C26H16N4O6/c31-29(32)20-10-13-25(23(15-20)30(33)34)35-21-11-8-17(9-12-21)16-27-19-5-3-4-18(14-19)26-28-22-6-1-2-7-24(22)36-26/h1-16H. The number of fused-ring (bicyclic) bond motifs is 1. The Labute approximate surface area is 203 Å². The lowest BCUT2D eigenvalue weighted by atomic mass is 10.2. The quantitative estimate of drug-likeness (QED) is 0.141. The van der Waals surface area contributed by atoms with Gasteiger partial charge in [-0.2, -0.15) is 0 Å². The van der Waals surface area contributed by atoms with Crippen LogP contribution in [0.3, 0.4) is 0 Å². The molecule has 36 heavy (non-hydrogen) atoms. The summed E-state index contributed by atoms with van der Waals surface area (Å²) in [4.78, 5) is 29.8. The minimum absolute atomic E-state index is 0.0944. The number of non-ortho nitro benzene ring substituents is 1. The van der Waals surface area contributed by atoms with Gasteiger partial charge in [0.15, 0.2) is 5.58 Å². The van der Waals surface area contributed by atoms with E-state index in [0.717, 1.165) is 28.8 Å². The van der Waals surface area contributed by atoms with Crippen molar-refractivity contribution in [3.8, 4) is 23.0 Å². The van der Waals surface area contributed by atoms with E-state index in [9.17, 15) is 20.2 Å². The van der Waals surface area contributed by atoms with Gasteiger partial charge in [-0.1, -0.05) is 18.2 Å². The van der Waals surface area contributed by atoms with Crippen LogP contribution in [-0.2, 0) is 0 Å². The average Bonchev–Trinajstić information content (AvgIpc) is 3.33. The molecular weight excluding hydrogens is 464 g/mol. The van der Waals surface area contributed by atoms with Crippen LogP contribution >= 0.6 is 0 Å². The fraction of sp³-hybridized carbons (Fsp3) is 0. The number of nitro groups is 2. The lowest BCUT2D eigenvalue weighted by Crippen LogP contribution is -1.96. The van der Waals surface area contributed by atoms with E-state index >= 15 is 0 Å². The van der Waals surface area contributed by atoms with Crippen molar-refractivity contribution < 1.29 is 19.0 Å². The number of nitrogens with zero attached hydrogens (tertiary/aromatic N) is 4. The average molecular weight is 480 g/mol. The summed E-state index contributed by atoms with van der Waals surface area (Å²) in [5.41, 5.74) is 2.89. The highest BCUT2D eigenvalue weighted by Crippen LogP contribution is 2.34. The molecule has 10 heteroatoms. The minimum Gasteiger partial charge on any atom is -0.450 e. The molecule has 176 valence electrons. The van der Waals surface area contributed by atoms with Gasteiger partial charge in [-0.15, -0.1) is 0 Å². The largest absolute Gasteiger partial charge is 0.450 e. The molecule has 4 aromatic carbocycles. The second-order valence-electron chi connectivity index (χ2n) is 7.63. The number of hydrogen-bond acceptors (Lipinski definition) is 8. The maximum Gasteiger partial charge on any atom is 0.318 e. The second-order valence-corrected chi connectivity index (χ2v) is 7.63. The van der Waals surface area contributed by atoms with Gasteiger partial charge >= 0.3 is 5.69 Å². The van der Waals surface area contributed by atoms with Gasteiger partial charge in [-0.3, -0.25) is 25.2 Å². The van der Waals surface area contributed by atoms with Crippen LogP contribution in [0.2, 0.25) is 0 Å². The predicted octanol–water partition coefficient (Wildman–Crippen LogP) is 6.85. The van der Waals surface area contributed by atoms with Crippen LogP contribution < -0.4 is 4.74 Å². The van der Waals surface area contributed by atoms with E-state index in [4.69, 9.17) is 9.15 Å². The Bertz CT molecular complexity index is 1590. The second kappa shape index (κ2) is 9.47. The molecule has 0 atom stereocenters. The van der Waals surface area contributed by atoms with Crippen molar-refractivity contribution in [2.45, 2.75) is 0 Å². The first kappa shape index (κ1) is 22.4. The Morgan fingerprint density at radius 3 is 2.42 bits per heavy atom. The van der Waals surface area contributed by atoms with Crippen molar-refractivity contribution in [2.75, 3.05) is 0 Å². The zero-order valence-corrected chi connectivity index (χ0v) is 18.5. The Kier molecular flexibility index (Phi) is 5.90. The molecule has 10 nitrogen and oxygen atoms in total. The van der Waals surface area contributed by atoms with Crippen molar-refractivity contribution in [1.29, 1.82) is 0 Å². The van der Waals surface area contributed by atoms with Crippen LogP contribution in [-0.4, -0.2) is 21.0 Å². The number of ether oxygens (including phenoxy) is 1. The summed E-state index contributed by atoms with van der Waals surface area (Å²) in [7, 11) is 0. The van der Waals surface area contributed by atoms with E-state index < -0.39 is 15.5 Å². The van der Waals surface area contributed by atoms with Crippen molar-refractivity contribution in [2.24, 2.45) is 4.99 Å². The molecule has 1 heterocycles. The third-order valence-corrected chi connectivity index (χ3v) is 5.21. The van der Waals surface area contributed by atoms with Gasteiger partial charge in [-0.25, -0.2) is 4.98 Å². The van der Waals surface area contributed by atoms with Crippen molar-refractivity contribution in [3.05, 3.63) is 117 Å². The lowest BCUT2D eigenvalue weighted by molar-refractivity contribution is -0.394. The van der Waals surface area contributed by atoms with Crippen LogP contribution in [0.15, 0.2) is 100 Å². The molecule has 0 amide bonds. The van der Waals surface area contributed by atoms with E-state index in [1.165, 1.54) is 6.07 Å². The normalized spacial score (nSPS) is 11.1. The molecule has 5 rings (SSSR count). The highest BCUT2D eigenvalue weighted by Gasteiger charge is 2.21. The predicted molar refractivity (Wildman–Crippen MR) is 133 cm³/mol. The minimum atomic E-state index is -0.724. The summed E-state index contributed by atoms with van der Waals surface area (Å²) in [6, 6.07) is 25.0. The topological polar surface area (TPSA) is 134 Å². The highest BCUT2D eigenvalue weighted by molar-refractivity contribution is 5.83. The summed E-state index contributed by atoms with van der Waals surface area (Å²) in [6.07, 6.45) is 1.67. The number of nitro benzene ring substituents is 2. The van der Waals surface area contributed by atoms with Gasteiger partial charge in [0.1, 0.15) is 11.3 Å². The Morgan fingerprint density at radius 1 is 0.861 bits per heavy atom. The number of aliphatic imine (C=N–C) groups is 1. The van der Waals surface area contributed by atoms with Crippen LogP contribution in [0.25, 0.3) is 22.6 Å². The molecule has 0 fully saturated rings. The SMILES string of the molecule is O=[N+]([O-])c1ccc(Oc2ccc(C=Nc3cccc(-c4nc5ccccc5o4)c3)cc2)c([N+](=O)[O-])c1. The molecule has 0 aliphatic heterocycles. The third kappa shape index (κ3) is 4.77. The fourth-order valence-electron chi connectivity index (χ4n) is 3.46. The van der Waals surface area contributed by atoms with Gasteiger partial charge in [0.05, 0.1) is 21.6 Å². The zero-order valence-electron chi connectivity index (χ0n) is 18.5. The maximum atomic E-state index is 11.3. The van der Waals surface area contributed by atoms with Gasteiger partial charge in [0.25, 0.3) is 5.69 Å².